The molecule has 3 aromatic rings. The van der Waals surface area contributed by atoms with Crippen LogP contribution in [0.15, 0.2) is 50.8 Å². The van der Waals surface area contributed by atoms with Crippen molar-refractivity contribution in [1.29, 1.82) is 0 Å². The van der Waals surface area contributed by atoms with Crippen LogP contribution in [0.4, 0.5) is 0 Å². The average Bonchev–Trinajstić information content (AvgIpc) is 3.06. The maximum atomic E-state index is 12.7. The predicted octanol–water partition coefficient (Wildman–Crippen LogP) is 3.15. The number of benzene rings is 1. The highest BCUT2D eigenvalue weighted by atomic mass is 32.2. The van der Waals surface area contributed by atoms with Gasteiger partial charge in [0.2, 0.25) is 0 Å². The number of nitrogens with one attached hydrogen (secondary N) is 2. The molecule has 1 aromatic carbocycles. The molecule has 0 spiro atoms. The second-order valence-corrected chi connectivity index (χ2v) is 9.02. The number of aromatic amines is 1. The van der Waals surface area contributed by atoms with Crippen LogP contribution in [0.25, 0.3) is 11.3 Å². The molecule has 136 valence electrons. The number of nitrogens with zero attached hydrogens (tertiary/aromatic N) is 1. The van der Waals surface area contributed by atoms with E-state index in [0.717, 1.165) is 28.0 Å². The van der Waals surface area contributed by atoms with Gasteiger partial charge in [-0.3, -0.25) is 4.79 Å². The van der Waals surface area contributed by atoms with Crippen LogP contribution in [-0.2, 0) is 10.0 Å². The SMILES string of the molecule is Cc1ccc(C(C)NS(=O)(=O)c2cc(-c3ccc(=O)[nH]n3)cs2)c(C)c1. The lowest BCUT2D eigenvalue weighted by atomic mass is 10.0. The summed E-state index contributed by atoms with van der Waals surface area (Å²) in [5, 5.41) is 7.98. The fraction of sp³-hybridized carbons (Fsp3) is 0.222. The Labute approximate surface area is 156 Å². The second kappa shape index (κ2) is 7.14. The Bertz CT molecular complexity index is 1080. The van der Waals surface area contributed by atoms with Crippen molar-refractivity contribution in [2.45, 2.75) is 31.0 Å². The summed E-state index contributed by atoms with van der Waals surface area (Å²) in [4.78, 5) is 11.1. The monoisotopic (exact) mass is 389 g/mol. The third-order valence-corrected chi connectivity index (χ3v) is 7.02. The summed E-state index contributed by atoms with van der Waals surface area (Å²) in [6.07, 6.45) is 0. The zero-order valence-corrected chi connectivity index (χ0v) is 16.2. The first-order chi connectivity index (χ1) is 12.3. The Kier molecular flexibility index (Phi) is 5.08. The Morgan fingerprint density at radius 3 is 2.58 bits per heavy atom. The topological polar surface area (TPSA) is 91.9 Å². The van der Waals surface area contributed by atoms with E-state index in [2.05, 4.69) is 14.9 Å². The van der Waals surface area contributed by atoms with Crippen molar-refractivity contribution < 1.29 is 8.42 Å². The van der Waals surface area contributed by atoms with E-state index in [9.17, 15) is 13.2 Å². The van der Waals surface area contributed by atoms with Crippen molar-refractivity contribution in [3.63, 3.8) is 0 Å². The Balaban J connectivity index is 1.84. The maximum absolute atomic E-state index is 12.7. The number of hydrogen-bond donors (Lipinski definition) is 2. The van der Waals surface area contributed by atoms with E-state index in [4.69, 9.17) is 0 Å². The zero-order valence-electron chi connectivity index (χ0n) is 14.6. The molecule has 0 saturated carbocycles. The van der Waals surface area contributed by atoms with Crippen molar-refractivity contribution >= 4 is 21.4 Å². The van der Waals surface area contributed by atoms with Crippen molar-refractivity contribution in [2.24, 2.45) is 0 Å². The van der Waals surface area contributed by atoms with Crippen LogP contribution in [0.5, 0.6) is 0 Å². The number of hydrogen-bond acceptors (Lipinski definition) is 5. The van der Waals surface area contributed by atoms with E-state index in [0.29, 0.717) is 11.3 Å². The first-order valence-corrected chi connectivity index (χ1v) is 10.4. The van der Waals surface area contributed by atoms with Gasteiger partial charge in [-0.2, -0.15) is 5.10 Å². The molecule has 3 rings (SSSR count). The molecule has 2 N–H and O–H groups in total. The van der Waals surface area contributed by atoms with Gasteiger partial charge in [-0.15, -0.1) is 11.3 Å². The lowest BCUT2D eigenvalue weighted by Gasteiger charge is -2.16. The number of sulfonamides is 1. The summed E-state index contributed by atoms with van der Waals surface area (Å²) in [7, 11) is -3.66. The van der Waals surface area contributed by atoms with Crippen molar-refractivity contribution in [2.75, 3.05) is 0 Å². The molecule has 2 heterocycles. The maximum Gasteiger partial charge on any atom is 0.264 e. The lowest BCUT2D eigenvalue weighted by Crippen LogP contribution is -2.26. The average molecular weight is 390 g/mol. The quantitative estimate of drug-likeness (QED) is 0.701. The van der Waals surface area contributed by atoms with Gasteiger partial charge in [0.05, 0.1) is 5.69 Å². The van der Waals surface area contributed by atoms with Crippen molar-refractivity contribution in [3.8, 4) is 11.3 Å². The summed E-state index contributed by atoms with van der Waals surface area (Å²) in [5.41, 5.74) is 3.98. The smallest absolute Gasteiger partial charge is 0.264 e. The minimum Gasteiger partial charge on any atom is -0.268 e. The fourth-order valence-electron chi connectivity index (χ4n) is 2.76. The van der Waals surface area contributed by atoms with E-state index in [1.54, 1.807) is 17.5 Å². The normalized spacial score (nSPS) is 12.9. The predicted molar refractivity (Wildman–Crippen MR) is 103 cm³/mol. The summed E-state index contributed by atoms with van der Waals surface area (Å²) in [6.45, 7) is 5.80. The minimum atomic E-state index is -3.66. The number of rotatable bonds is 5. The molecular weight excluding hydrogens is 370 g/mol. The molecule has 1 unspecified atom stereocenters. The summed E-state index contributed by atoms with van der Waals surface area (Å²) < 4.78 is 28.4. The highest BCUT2D eigenvalue weighted by Crippen LogP contribution is 2.28. The van der Waals surface area contributed by atoms with Crippen LogP contribution >= 0.6 is 11.3 Å². The van der Waals surface area contributed by atoms with Crippen LogP contribution in [0.2, 0.25) is 0 Å². The van der Waals surface area contributed by atoms with E-state index in [1.807, 2.05) is 39.0 Å². The third kappa shape index (κ3) is 3.92. The van der Waals surface area contributed by atoms with Crippen LogP contribution < -0.4 is 10.3 Å². The first kappa shape index (κ1) is 18.5. The van der Waals surface area contributed by atoms with Gasteiger partial charge in [-0.25, -0.2) is 18.2 Å². The van der Waals surface area contributed by atoms with Gasteiger partial charge < -0.3 is 0 Å². The molecule has 0 radical (unpaired) electrons. The molecule has 6 nitrogen and oxygen atoms in total. The molecule has 0 amide bonds. The number of aromatic nitrogens is 2. The summed E-state index contributed by atoms with van der Waals surface area (Å²) >= 11 is 1.12. The molecule has 0 aliphatic rings. The van der Waals surface area contributed by atoms with Gasteiger partial charge in [0.25, 0.3) is 15.6 Å². The van der Waals surface area contributed by atoms with Crippen LogP contribution in [-0.4, -0.2) is 18.6 Å². The first-order valence-electron chi connectivity index (χ1n) is 8.00. The molecule has 8 heteroatoms. The van der Waals surface area contributed by atoms with E-state index < -0.39 is 10.0 Å². The van der Waals surface area contributed by atoms with Gasteiger partial charge in [-0.1, -0.05) is 23.8 Å². The molecule has 0 bridgehead atoms. The largest absolute Gasteiger partial charge is 0.268 e. The summed E-state index contributed by atoms with van der Waals surface area (Å²) in [6, 6.07) is 10.1. The van der Waals surface area contributed by atoms with E-state index >= 15 is 0 Å². The molecule has 0 saturated heterocycles. The molecular formula is C18H19N3O3S2. The van der Waals surface area contributed by atoms with Crippen LogP contribution in [0.1, 0.15) is 29.7 Å². The highest BCUT2D eigenvalue weighted by Gasteiger charge is 2.21. The van der Waals surface area contributed by atoms with Gasteiger partial charge in [0, 0.05) is 23.1 Å². The molecule has 0 aliphatic heterocycles. The van der Waals surface area contributed by atoms with Crippen LogP contribution in [0.3, 0.4) is 0 Å². The standard InChI is InChI=1S/C18H19N3O3S2/c1-11-4-5-15(12(2)8-11)13(3)21-26(23,24)18-9-14(10-25-18)16-6-7-17(22)20-19-16/h4-10,13,21H,1-3H3,(H,20,22). The van der Waals surface area contributed by atoms with Gasteiger partial charge in [0.1, 0.15) is 4.21 Å². The second-order valence-electron chi connectivity index (χ2n) is 6.16. The van der Waals surface area contributed by atoms with Gasteiger partial charge in [-0.05, 0) is 44.0 Å². The van der Waals surface area contributed by atoms with E-state index in [1.165, 1.54) is 6.07 Å². The van der Waals surface area contributed by atoms with Crippen molar-refractivity contribution in [1.82, 2.24) is 14.9 Å². The molecule has 0 fully saturated rings. The van der Waals surface area contributed by atoms with Crippen molar-refractivity contribution in [3.05, 3.63) is 68.8 Å². The molecule has 26 heavy (non-hydrogen) atoms. The van der Waals surface area contributed by atoms with Crippen LogP contribution in [0, 0.1) is 13.8 Å². The number of thiophene rings is 1. The Morgan fingerprint density at radius 2 is 1.92 bits per heavy atom. The fourth-order valence-corrected chi connectivity index (χ4v) is 5.18. The Morgan fingerprint density at radius 1 is 1.15 bits per heavy atom. The third-order valence-electron chi connectivity index (χ3n) is 4.04. The number of H-pyrrole nitrogens is 1. The highest BCUT2D eigenvalue weighted by molar-refractivity contribution is 7.91. The number of aryl methyl sites for hydroxylation is 2. The minimum absolute atomic E-state index is 0.206. The Hall–Kier alpha value is -2.29. The molecule has 0 aliphatic carbocycles. The van der Waals surface area contributed by atoms with E-state index in [-0.39, 0.29) is 15.8 Å². The van der Waals surface area contributed by atoms with Gasteiger partial charge in [0.15, 0.2) is 0 Å². The molecule has 1 atom stereocenters. The lowest BCUT2D eigenvalue weighted by molar-refractivity contribution is 0.568. The van der Waals surface area contributed by atoms with Gasteiger partial charge >= 0.3 is 0 Å². The molecule has 2 aromatic heterocycles. The summed E-state index contributed by atoms with van der Waals surface area (Å²) in [5.74, 6) is 0. The zero-order chi connectivity index (χ0) is 18.9.